The van der Waals surface area contributed by atoms with Crippen molar-refractivity contribution < 1.29 is 9.53 Å². The second-order valence-electron chi connectivity index (χ2n) is 7.97. The summed E-state index contributed by atoms with van der Waals surface area (Å²) in [7, 11) is 1.45. The molecule has 3 aromatic rings. The minimum atomic E-state index is -0.105. The largest absolute Gasteiger partial charge is 0.469 e. The van der Waals surface area contributed by atoms with Crippen LogP contribution in [0.3, 0.4) is 0 Å². The zero-order valence-corrected chi connectivity index (χ0v) is 17.9. The number of aryl methyl sites for hydroxylation is 1. The molecule has 1 aromatic carbocycles. The van der Waals surface area contributed by atoms with E-state index in [2.05, 4.69) is 33.4 Å². The number of carbonyl (C=O) groups excluding carboxylic acids is 1. The van der Waals surface area contributed by atoms with Crippen LogP contribution in [0.4, 0.5) is 11.6 Å². The third kappa shape index (κ3) is 4.74. The molecule has 1 aliphatic carbocycles. The van der Waals surface area contributed by atoms with E-state index in [1.165, 1.54) is 7.11 Å². The number of nitrogens with one attached hydrogen (secondary N) is 1. The molecule has 0 aliphatic heterocycles. The van der Waals surface area contributed by atoms with E-state index >= 15 is 0 Å². The average molecular weight is 421 g/mol. The van der Waals surface area contributed by atoms with Gasteiger partial charge in [-0.1, -0.05) is 12.1 Å². The quantitative estimate of drug-likeness (QED) is 0.585. The van der Waals surface area contributed by atoms with Gasteiger partial charge in [-0.2, -0.15) is 5.10 Å². The molecule has 2 heterocycles. The highest BCUT2D eigenvalue weighted by Crippen LogP contribution is 2.33. The summed E-state index contributed by atoms with van der Waals surface area (Å²) in [5.41, 5.74) is 10.8. The van der Waals surface area contributed by atoms with Gasteiger partial charge in [0.05, 0.1) is 36.6 Å². The smallest absolute Gasteiger partial charge is 0.308 e. The first kappa shape index (κ1) is 21.0. The Hall–Kier alpha value is -3.26. The number of hydrogen-bond acceptors (Lipinski definition) is 7. The molecule has 4 rings (SSSR count). The Kier molecular flexibility index (Phi) is 6.27. The van der Waals surface area contributed by atoms with Gasteiger partial charge in [0.25, 0.3) is 0 Å². The lowest BCUT2D eigenvalue weighted by Crippen LogP contribution is -2.24. The Labute approximate surface area is 181 Å². The predicted molar refractivity (Wildman–Crippen MR) is 119 cm³/mol. The first-order chi connectivity index (χ1) is 15.1. The number of nitrogens with zero attached hydrogens (tertiary/aromatic N) is 4. The summed E-state index contributed by atoms with van der Waals surface area (Å²) in [5, 5.41) is 7.76. The first-order valence-electron chi connectivity index (χ1n) is 10.6. The van der Waals surface area contributed by atoms with E-state index in [1.54, 1.807) is 12.4 Å². The van der Waals surface area contributed by atoms with Crippen LogP contribution in [0.1, 0.15) is 42.9 Å². The molecule has 1 aliphatic rings. The Balaban J connectivity index is 1.43. The third-order valence-corrected chi connectivity index (χ3v) is 5.98. The lowest BCUT2D eigenvalue weighted by Gasteiger charge is -2.26. The van der Waals surface area contributed by atoms with Crippen LogP contribution in [-0.4, -0.2) is 32.8 Å². The summed E-state index contributed by atoms with van der Waals surface area (Å²) in [5.74, 6) is 0.422. The summed E-state index contributed by atoms with van der Waals surface area (Å²) in [6.07, 6.45) is 8.97. The van der Waals surface area contributed by atoms with Crippen LogP contribution in [-0.2, 0) is 16.1 Å². The summed E-state index contributed by atoms with van der Waals surface area (Å²) in [6, 6.07) is 8.35. The van der Waals surface area contributed by atoms with E-state index < -0.39 is 0 Å². The molecule has 0 amide bonds. The molecular formula is C23H28N6O2. The summed E-state index contributed by atoms with van der Waals surface area (Å²) in [4.78, 5) is 20.7. The SMILES string of the molecule is COC(=O)C1CCC(n2cc(Nc3nccc(-c4ccc(CN)c(C)c4)n3)cn2)CC1. The maximum Gasteiger partial charge on any atom is 0.308 e. The number of benzene rings is 1. The first-order valence-corrected chi connectivity index (χ1v) is 10.6. The Morgan fingerprint density at radius 1 is 1.26 bits per heavy atom. The van der Waals surface area contributed by atoms with E-state index in [1.807, 2.05) is 29.1 Å². The van der Waals surface area contributed by atoms with Gasteiger partial charge >= 0.3 is 5.97 Å². The second-order valence-corrected chi connectivity index (χ2v) is 7.97. The zero-order chi connectivity index (χ0) is 21.8. The molecule has 1 fully saturated rings. The van der Waals surface area contributed by atoms with Crippen molar-refractivity contribution in [1.82, 2.24) is 19.7 Å². The van der Waals surface area contributed by atoms with Gasteiger partial charge in [0.2, 0.25) is 5.95 Å². The van der Waals surface area contributed by atoms with Crippen LogP contribution in [0.5, 0.6) is 0 Å². The van der Waals surface area contributed by atoms with Gasteiger partial charge < -0.3 is 15.8 Å². The van der Waals surface area contributed by atoms with Crippen molar-refractivity contribution in [2.75, 3.05) is 12.4 Å². The van der Waals surface area contributed by atoms with Gasteiger partial charge in [0, 0.05) is 24.5 Å². The molecular weight excluding hydrogens is 392 g/mol. The van der Waals surface area contributed by atoms with E-state index in [9.17, 15) is 4.79 Å². The number of nitrogens with two attached hydrogens (primary N) is 1. The molecule has 0 bridgehead atoms. The molecule has 3 N–H and O–H groups in total. The van der Waals surface area contributed by atoms with Crippen molar-refractivity contribution in [1.29, 1.82) is 0 Å². The van der Waals surface area contributed by atoms with E-state index in [0.717, 1.165) is 53.8 Å². The fraction of sp³-hybridized carbons (Fsp3) is 0.391. The predicted octanol–water partition coefficient (Wildman–Crippen LogP) is 3.76. The van der Waals surface area contributed by atoms with Crippen LogP contribution in [0, 0.1) is 12.8 Å². The highest BCUT2D eigenvalue weighted by Gasteiger charge is 2.28. The van der Waals surface area contributed by atoms with Crippen LogP contribution in [0.15, 0.2) is 42.9 Å². The van der Waals surface area contributed by atoms with Crippen LogP contribution in [0.25, 0.3) is 11.3 Å². The Morgan fingerprint density at radius 3 is 2.77 bits per heavy atom. The number of esters is 1. The Bertz CT molecular complexity index is 1060. The number of carbonyl (C=O) groups is 1. The number of ether oxygens (including phenoxy) is 1. The van der Waals surface area contributed by atoms with Crippen molar-refractivity contribution in [3.05, 3.63) is 54.0 Å². The van der Waals surface area contributed by atoms with Gasteiger partial charge in [-0.05, 0) is 55.9 Å². The molecule has 31 heavy (non-hydrogen) atoms. The van der Waals surface area contributed by atoms with Crippen molar-refractivity contribution in [3.63, 3.8) is 0 Å². The fourth-order valence-corrected chi connectivity index (χ4v) is 4.14. The number of rotatable bonds is 6. The minimum Gasteiger partial charge on any atom is -0.469 e. The van der Waals surface area contributed by atoms with Gasteiger partial charge in [0.1, 0.15) is 0 Å². The van der Waals surface area contributed by atoms with Gasteiger partial charge in [-0.3, -0.25) is 9.48 Å². The van der Waals surface area contributed by atoms with E-state index in [0.29, 0.717) is 12.5 Å². The van der Waals surface area contributed by atoms with E-state index in [-0.39, 0.29) is 17.9 Å². The number of aromatic nitrogens is 4. The molecule has 1 saturated carbocycles. The summed E-state index contributed by atoms with van der Waals surface area (Å²) in [6.45, 7) is 2.58. The number of hydrogen-bond donors (Lipinski definition) is 2. The lowest BCUT2D eigenvalue weighted by atomic mass is 9.86. The summed E-state index contributed by atoms with van der Waals surface area (Å²) >= 11 is 0. The summed E-state index contributed by atoms with van der Waals surface area (Å²) < 4.78 is 6.84. The van der Waals surface area contributed by atoms with Crippen molar-refractivity contribution in [2.24, 2.45) is 11.7 Å². The van der Waals surface area contributed by atoms with Crippen LogP contribution >= 0.6 is 0 Å². The van der Waals surface area contributed by atoms with Crippen LogP contribution in [0.2, 0.25) is 0 Å². The lowest BCUT2D eigenvalue weighted by molar-refractivity contribution is -0.146. The molecule has 8 nitrogen and oxygen atoms in total. The van der Waals surface area contributed by atoms with Gasteiger partial charge in [0.15, 0.2) is 0 Å². The second kappa shape index (κ2) is 9.26. The standard InChI is InChI=1S/C23H28N6O2/c1-15-11-17(3-4-18(15)12-24)21-9-10-25-23(28-21)27-19-13-26-29(14-19)20-7-5-16(6-8-20)22(30)31-2/h3-4,9-11,13-14,16,20H,5-8,12,24H2,1-2H3,(H,25,27,28). The van der Waals surface area contributed by atoms with Crippen LogP contribution < -0.4 is 11.1 Å². The van der Waals surface area contributed by atoms with Gasteiger partial charge in [-0.15, -0.1) is 0 Å². The Morgan fingerprint density at radius 2 is 2.06 bits per heavy atom. The number of methoxy groups -OCH3 is 1. The van der Waals surface area contributed by atoms with Crippen molar-refractivity contribution >= 4 is 17.6 Å². The molecule has 162 valence electrons. The van der Waals surface area contributed by atoms with Crippen molar-refractivity contribution in [2.45, 2.75) is 45.2 Å². The molecule has 0 unspecified atom stereocenters. The monoisotopic (exact) mass is 420 g/mol. The highest BCUT2D eigenvalue weighted by molar-refractivity contribution is 5.72. The molecule has 0 atom stereocenters. The maximum atomic E-state index is 11.7. The number of anilines is 2. The maximum absolute atomic E-state index is 11.7. The molecule has 0 radical (unpaired) electrons. The molecule has 8 heteroatoms. The van der Waals surface area contributed by atoms with Crippen molar-refractivity contribution in [3.8, 4) is 11.3 Å². The molecule has 0 spiro atoms. The molecule has 0 saturated heterocycles. The minimum absolute atomic E-state index is 0.00750. The highest BCUT2D eigenvalue weighted by atomic mass is 16.5. The van der Waals surface area contributed by atoms with Gasteiger partial charge in [-0.25, -0.2) is 9.97 Å². The average Bonchev–Trinajstić information content (AvgIpc) is 3.27. The molecule has 2 aromatic heterocycles. The third-order valence-electron chi connectivity index (χ3n) is 5.98. The normalized spacial score (nSPS) is 18.5. The van der Waals surface area contributed by atoms with E-state index in [4.69, 9.17) is 10.5 Å². The fourth-order valence-electron chi connectivity index (χ4n) is 4.14. The zero-order valence-electron chi connectivity index (χ0n) is 17.9. The topological polar surface area (TPSA) is 108 Å².